The molecule has 1 aromatic heterocycles. The summed E-state index contributed by atoms with van der Waals surface area (Å²) >= 11 is 7.70. The van der Waals surface area contributed by atoms with E-state index >= 15 is 0 Å². The lowest BCUT2D eigenvalue weighted by Gasteiger charge is -2.12. The molecule has 0 atom stereocenters. The summed E-state index contributed by atoms with van der Waals surface area (Å²) in [6.45, 7) is 1.84. The van der Waals surface area contributed by atoms with Gasteiger partial charge in [0.2, 0.25) is 0 Å². The Hall–Kier alpha value is -3.68. The Morgan fingerprint density at radius 2 is 1.62 bits per heavy atom. The molecule has 1 heterocycles. The zero-order chi connectivity index (χ0) is 22.8. The van der Waals surface area contributed by atoms with E-state index in [0.29, 0.717) is 21.3 Å². The zero-order valence-electron chi connectivity index (χ0n) is 16.8. The number of carbonyl (C=O) groups excluding carboxylic acids is 2. The van der Waals surface area contributed by atoms with Crippen molar-refractivity contribution in [2.75, 3.05) is 10.6 Å². The molecule has 3 aromatic carbocycles. The highest BCUT2D eigenvalue weighted by Gasteiger charge is 2.20. The number of carboxylic acids is 1. The summed E-state index contributed by atoms with van der Waals surface area (Å²) in [5.41, 5.74) is 2.01. The van der Waals surface area contributed by atoms with E-state index in [-0.39, 0.29) is 11.1 Å². The van der Waals surface area contributed by atoms with Gasteiger partial charge in [0.05, 0.1) is 21.8 Å². The highest BCUT2D eigenvalue weighted by atomic mass is 35.5. The number of hydrogen-bond acceptors (Lipinski definition) is 4. The van der Waals surface area contributed by atoms with Crippen LogP contribution in [-0.2, 0) is 0 Å². The molecule has 0 unspecified atom stereocenters. The molecule has 4 rings (SSSR count). The van der Waals surface area contributed by atoms with Crippen LogP contribution in [0.2, 0.25) is 5.02 Å². The van der Waals surface area contributed by atoms with Gasteiger partial charge in [0, 0.05) is 15.8 Å². The number of benzene rings is 3. The standard InChI is InChI=1S/C24H17ClN2O4S/c1-13-6-11-18(27-23(29)21-20(25)16-4-2-3-5-19(16)32-21)17(12-13)22(28)26-15-9-7-14(8-10-15)24(30)31/h2-12H,1H3,(H,26,28)(H,27,29)(H,30,31). The lowest BCUT2D eigenvalue weighted by atomic mass is 10.1. The Kier molecular flexibility index (Phi) is 5.94. The second kappa shape index (κ2) is 8.82. The van der Waals surface area contributed by atoms with Gasteiger partial charge in [-0.25, -0.2) is 4.79 Å². The number of aromatic carboxylic acids is 1. The monoisotopic (exact) mass is 464 g/mol. The first-order chi connectivity index (χ1) is 15.3. The van der Waals surface area contributed by atoms with E-state index in [4.69, 9.17) is 16.7 Å². The van der Waals surface area contributed by atoms with Gasteiger partial charge in [-0.3, -0.25) is 9.59 Å². The van der Waals surface area contributed by atoms with Crippen molar-refractivity contribution in [1.82, 2.24) is 0 Å². The summed E-state index contributed by atoms with van der Waals surface area (Å²) in [7, 11) is 0. The van der Waals surface area contributed by atoms with Crippen molar-refractivity contribution < 1.29 is 19.5 Å². The fraction of sp³-hybridized carbons (Fsp3) is 0.0417. The number of rotatable bonds is 5. The molecule has 4 aromatic rings. The van der Waals surface area contributed by atoms with E-state index in [9.17, 15) is 14.4 Å². The van der Waals surface area contributed by atoms with E-state index in [1.807, 2.05) is 31.2 Å². The molecule has 0 aliphatic carbocycles. The van der Waals surface area contributed by atoms with Crippen LogP contribution in [-0.4, -0.2) is 22.9 Å². The summed E-state index contributed by atoms with van der Waals surface area (Å²) in [6, 6.07) is 18.4. The van der Waals surface area contributed by atoms with Crippen molar-refractivity contribution in [3.8, 4) is 0 Å². The van der Waals surface area contributed by atoms with Gasteiger partial charge in [0.25, 0.3) is 11.8 Å². The number of amides is 2. The number of halogens is 1. The number of fused-ring (bicyclic) bond motifs is 1. The second-order valence-electron chi connectivity index (χ2n) is 7.08. The number of thiophene rings is 1. The van der Waals surface area contributed by atoms with E-state index in [2.05, 4.69) is 10.6 Å². The molecule has 0 spiro atoms. The molecule has 0 saturated carbocycles. The molecule has 160 valence electrons. The maximum absolute atomic E-state index is 13.0. The van der Waals surface area contributed by atoms with Crippen LogP contribution in [0.25, 0.3) is 10.1 Å². The molecule has 6 nitrogen and oxygen atoms in total. The van der Waals surface area contributed by atoms with Crippen molar-refractivity contribution >= 4 is 62.2 Å². The van der Waals surface area contributed by atoms with Gasteiger partial charge in [0.15, 0.2) is 0 Å². The van der Waals surface area contributed by atoms with Gasteiger partial charge in [-0.1, -0.05) is 41.4 Å². The Morgan fingerprint density at radius 1 is 0.906 bits per heavy atom. The fourth-order valence-corrected chi connectivity index (χ4v) is 4.60. The van der Waals surface area contributed by atoms with Gasteiger partial charge in [0.1, 0.15) is 4.88 Å². The minimum absolute atomic E-state index is 0.117. The highest BCUT2D eigenvalue weighted by Crippen LogP contribution is 2.35. The topological polar surface area (TPSA) is 95.5 Å². The second-order valence-corrected chi connectivity index (χ2v) is 8.51. The van der Waals surface area contributed by atoms with Crippen LogP contribution >= 0.6 is 22.9 Å². The molecule has 2 amide bonds. The largest absolute Gasteiger partial charge is 0.478 e. The third-order valence-corrected chi connectivity index (χ3v) is 6.47. The summed E-state index contributed by atoms with van der Waals surface area (Å²) in [5.74, 6) is -1.89. The first-order valence-electron chi connectivity index (χ1n) is 9.57. The average molecular weight is 465 g/mol. The molecule has 8 heteroatoms. The van der Waals surface area contributed by atoms with E-state index in [1.165, 1.54) is 35.6 Å². The number of carbonyl (C=O) groups is 3. The van der Waals surface area contributed by atoms with Gasteiger partial charge in [-0.2, -0.15) is 0 Å². The Morgan fingerprint density at radius 3 is 2.31 bits per heavy atom. The van der Waals surface area contributed by atoms with Crippen LogP contribution in [0, 0.1) is 6.92 Å². The van der Waals surface area contributed by atoms with Gasteiger partial charge in [-0.15, -0.1) is 11.3 Å². The van der Waals surface area contributed by atoms with E-state index in [0.717, 1.165) is 15.6 Å². The maximum Gasteiger partial charge on any atom is 0.335 e. The van der Waals surface area contributed by atoms with E-state index in [1.54, 1.807) is 18.2 Å². The minimum atomic E-state index is -1.05. The number of aryl methyl sites for hydroxylation is 1. The van der Waals surface area contributed by atoms with Crippen LogP contribution in [0.1, 0.15) is 36.0 Å². The van der Waals surface area contributed by atoms with E-state index < -0.39 is 17.8 Å². The molecular weight excluding hydrogens is 448 g/mol. The number of nitrogens with one attached hydrogen (secondary N) is 2. The predicted octanol–water partition coefficient (Wildman–Crippen LogP) is 6.07. The first kappa shape index (κ1) is 21.5. The van der Waals surface area contributed by atoms with Crippen LogP contribution in [0.5, 0.6) is 0 Å². The molecule has 0 aliphatic rings. The predicted molar refractivity (Wildman–Crippen MR) is 127 cm³/mol. The average Bonchev–Trinajstić information content (AvgIpc) is 3.12. The minimum Gasteiger partial charge on any atom is -0.478 e. The Labute approximate surface area is 192 Å². The van der Waals surface area contributed by atoms with Crippen molar-refractivity contribution in [1.29, 1.82) is 0 Å². The summed E-state index contributed by atoms with van der Waals surface area (Å²) < 4.78 is 0.898. The lowest BCUT2D eigenvalue weighted by molar-refractivity contribution is 0.0696. The zero-order valence-corrected chi connectivity index (χ0v) is 18.4. The van der Waals surface area contributed by atoms with Crippen LogP contribution in [0.4, 0.5) is 11.4 Å². The maximum atomic E-state index is 13.0. The molecule has 0 radical (unpaired) electrons. The normalized spacial score (nSPS) is 10.7. The highest BCUT2D eigenvalue weighted by molar-refractivity contribution is 7.21. The molecule has 0 aliphatic heterocycles. The summed E-state index contributed by atoms with van der Waals surface area (Å²) in [5, 5.41) is 15.7. The molecule has 0 saturated heterocycles. The molecule has 3 N–H and O–H groups in total. The molecule has 0 fully saturated rings. The van der Waals surface area contributed by atoms with Crippen LogP contribution < -0.4 is 10.6 Å². The fourth-order valence-electron chi connectivity index (χ4n) is 3.19. The molecular formula is C24H17ClN2O4S. The third kappa shape index (κ3) is 4.34. The number of hydrogen-bond donors (Lipinski definition) is 3. The lowest BCUT2D eigenvalue weighted by Crippen LogP contribution is -2.18. The number of anilines is 2. The van der Waals surface area contributed by atoms with Crippen LogP contribution in [0.3, 0.4) is 0 Å². The van der Waals surface area contributed by atoms with Crippen molar-refractivity contribution in [2.24, 2.45) is 0 Å². The van der Waals surface area contributed by atoms with Crippen molar-refractivity contribution in [2.45, 2.75) is 6.92 Å². The summed E-state index contributed by atoms with van der Waals surface area (Å²) in [4.78, 5) is 37.2. The Bertz CT molecular complexity index is 1360. The molecule has 32 heavy (non-hydrogen) atoms. The SMILES string of the molecule is Cc1ccc(NC(=O)c2sc3ccccc3c2Cl)c(C(=O)Nc2ccc(C(=O)O)cc2)c1. The van der Waals surface area contributed by atoms with Crippen molar-refractivity contribution in [3.05, 3.63) is 93.3 Å². The molecule has 0 bridgehead atoms. The van der Waals surface area contributed by atoms with Gasteiger partial charge in [-0.05, 0) is 49.4 Å². The quantitative estimate of drug-likeness (QED) is 0.334. The third-order valence-electron chi connectivity index (χ3n) is 4.80. The van der Waals surface area contributed by atoms with Crippen molar-refractivity contribution in [3.63, 3.8) is 0 Å². The van der Waals surface area contributed by atoms with Gasteiger partial charge < -0.3 is 15.7 Å². The Balaban J connectivity index is 1.60. The first-order valence-corrected chi connectivity index (χ1v) is 10.8. The van der Waals surface area contributed by atoms with Gasteiger partial charge >= 0.3 is 5.97 Å². The smallest absolute Gasteiger partial charge is 0.335 e. The summed E-state index contributed by atoms with van der Waals surface area (Å²) in [6.07, 6.45) is 0. The number of carboxylic acid groups (broad SMARTS) is 1. The van der Waals surface area contributed by atoms with Crippen LogP contribution in [0.15, 0.2) is 66.7 Å².